The Kier molecular flexibility index (Phi) is 5.52. The van der Waals surface area contributed by atoms with E-state index in [1.54, 1.807) is 12.1 Å². The highest BCUT2D eigenvalue weighted by Crippen LogP contribution is 2.23. The predicted molar refractivity (Wildman–Crippen MR) is 108 cm³/mol. The van der Waals surface area contributed by atoms with Crippen LogP contribution in [0.5, 0.6) is 0 Å². The van der Waals surface area contributed by atoms with Gasteiger partial charge in [0, 0.05) is 17.2 Å². The number of nitro benzene ring substituents is 1. The number of nitrogens with zero attached hydrogens (tertiary/aromatic N) is 4. The maximum Gasteiger partial charge on any atom is 0.276 e. The van der Waals surface area contributed by atoms with Crippen molar-refractivity contribution >= 4 is 40.0 Å². The lowest BCUT2D eigenvalue weighted by atomic mass is 10.0. The molecule has 148 valence electrons. The number of nitro groups is 1. The van der Waals surface area contributed by atoms with E-state index in [4.69, 9.17) is 23.1 Å². The van der Waals surface area contributed by atoms with Crippen molar-refractivity contribution in [1.29, 1.82) is 0 Å². The van der Waals surface area contributed by atoms with Gasteiger partial charge in [-0.1, -0.05) is 23.7 Å². The van der Waals surface area contributed by atoms with Gasteiger partial charge in [0.05, 0.1) is 16.0 Å². The van der Waals surface area contributed by atoms with Gasteiger partial charge in [-0.15, -0.1) is 10.2 Å². The largest absolute Gasteiger partial charge is 0.382 e. The van der Waals surface area contributed by atoms with Crippen LogP contribution in [0.2, 0.25) is 5.02 Å². The fourth-order valence-corrected chi connectivity index (χ4v) is 2.71. The standard InChI is InChI=1S/C17H14ClN7O4/c18-9-4-5-11-12(7-9)22-16(27)14(21-11)13(23-24-17(19)20)15(26)8-2-1-3-10(6-8)25(28)29/h1-7,15,26H,(H,22,27)(H4,19,20,24). The van der Waals surface area contributed by atoms with Gasteiger partial charge in [0.1, 0.15) is 11.8 Å². The number of aliphatic hydroxyl groups is 1. The molecule has 0 aliphatic rings. The van der Waals surface area contributed by atoms with Crippen LogP contribution in [0.3, 0.4) is 0 Å². The molecule has 6 N–H and O–H groups in total. The SMILES string of the molecule is NC(N)=NN=C(c1nc2ccc(Cl)cc2[nH]c1=O)C(O)c1cccc([N+](=O)[O-])c1. The highest BCUT2D eigenvalue weighted by atomic mass is 35.5. The second-order valence-electron chi connectivity index (χ2n) is 5.84. The van der Waals surface area contributed by atoms with Gasteiger partial charge in [0.15, 0.2) is 5.69 Å². The number of hydrogen-bond acceptors (Lipinski definition) is 7. The summed E-state index contributed by atoms with van der Waals surface area (Å²) < 4.78 is 0. The Hall–Kier alpha value is -3.83. The van der Waals surface area contributed by atoms with E-state index in [9.17, 15) is 20.0 Å². The van der Waals surface area contributed by atoms with E-state index < -0.39 is 22.5 Å². The van der Waals surface area contributed by atoms with Crippen LogP contribution < -0.4 is 17.0 Å². The number of H-pyrrole nitrogens is 1. The molecule has 0 saturated carbocycles. The molecule has 12 heteroatoms. The van der Waals surface area contributed by atoms with Crippen LogP contribution in [0.1, 0.15) is 17.4 Å². The first-order chi connectivity index (χ1) is 13.8. The van der Waals surface area contributed by atoms with Crippen LogP contribution in [0, 0.1) is 10.1 Å². The molecule has 0 fully saturated rings. The van der Waals surface area contributed by atoms with Crippen molar-refractivity contribution < 1.29 is 10.0 Å². The first-order valence-corrected chi connectivity index (χ1v) is 8.43. The third-order valence-electron chi connectivity index (χ3n) is 3.83. The molecular formula is C17H14ClN7O4. The molecule has 1 atom stereocenters. The van der Waals surface area contributed by atoms with E-state index in [1.165, 1.54) is 24.3 Å². The number of aromatic nitrogens is 2. The molecule has 0 aliphatic carbocycles. The lowest BCUT2D eigenvalue weighted by Crippen LogP contribution is -2.27. The molecule has 3 rings (SSSR count). The fourth-order valence-electron chi connectivity index (χ4n) is 2.54. The molecule has 0 amide bonds. The van der Waals surface area contributed by atoms with E-state index in [-0.39, 0.29) is 22.7 Å². The number of nitrogens with two attached hydrogens (primary N) is 2. The number of hydrogen-bond donors (Lipinski definition) is 4. The van der Waals surface area contributed by atoms with E-state index in [2.05, 4.69) is 20.2 Å². The Bertz CT molecular complexity index is 1220. The monoisotopic (exact) mass is 415 g/mol. The van der Waals surface area contributed by atoms with Gasteiger partial charge in [0.25, 0.3) is 11.2 Å². The molecular weight excluding hydrogens is 402 g/mol. The molecule has 0 aliphatic heterocycles. The summed E-state index contributed by atoms with van der Waals surface area (Å²) in [5.41, 5.74) is 9.94. The van der Waals surface area contributed by atoms with Crippen LogP contribution in [0.15, 0.2) is 57.5 Å². The van der Waals surface area contributed by atoms with Crippen LogP contribution in [-0.4, -0.2) is 31.7 Å². The molecule has 1 unspecified atom stereocenters. The summed E-state index contributed by atoms with van der Waals surface area (Å²) in [6.07, 6.45) is -1.57. The summed E-state index contributed by atoms with van der Waals surface area (Å²) >= 11 is 5.91. The summed E-state index contributed by atoms with van der Waals surface area (Å²) in [5, 5.41) is 29.4. The van der Waals surface area contributed by atoms with Crippen molar-refractivity contribution in [1.82, 2.24) is 9.97 Å². The molecule has 3 aromatic rings. The Morgan fingerprint density at radius 1 is 1.24 bits per heavy atom. The summed E-state index contributed by atoms with van der Waals surface area (Å²) in [6.45, 7) is 0. The van der Waals surface area contributed by atoms with Crippen LogP contribution in [-0.2, 0) is 0 Å². The fraction of sp³-hybridized carbons (Fsp3) is 0.0588. The average molecular weight is 416 g/mol. The normalized spacial score (nSPS) is 12.6. The molecule has 0 saturated heterocycles. The lowest BCUT2D eigenvalue weighted by Gasteiger charge is -2.13. The van der Waals surface area contributed by atoms with Gasteiger partial charge in [-0.3, -0.25) is 14.9 Å². The quantitative estimate of drug-likeness (QED) is 0.208. The molecule has 0 radical (unpaired) electrons. The van der Waals surface area contributed by atoms with Gasteiger partial charge >= 0.3 is 0 Å². The third-order valence-corrected chi connectivity index (χ3v) is 4.06. The summed E-state index contributed by atoms with van der Waals surface area (Å²) in [6, 6.07) is 9.86. The van der Waals surface area contributed by atoms with E-state index in [0.29, 0.717) is 16.1 Å². The molecule has 1 aromatic heterocycles. The van der Waals surface area contributed by atoms with Crippen LogP contribution in [0.4, 0.5) is 5.69 Å². The smallest absolute Gasteiger partial charge is 0.276 e. The Morgan fingerprint density at radius 3 is 2.69 bits per heavy atom. The minimum Gasteiger partial charge on any atom is -0.382 e. The number of nitrogens with one attached hydrogen (secondary N) is 1. The van der Waals surface area contributed by atoms with Crippen molar-refractivity contribution in [3.05, 3.63) is 79.2 Å². The molecule has 0 bridgehead atoms. The summed E-state index contributed by atoms with van der Waals surface area (Å²) in [5.74, 6) is -0.419. The predicted octanol–water partition coefficient (Wildman–Crippen LogP) is 1.20. The van der Waals surface area contributed by atoms with Crippen molar-refractivity contribution in [2.45, 2.75) is 6.10 Å². The van der Waals surface area contributed by atoms with E-state index >= 15 is 0 Å². The van der Waals surface area contributed by atoms with Crippen molar-refractivity contribution in [3.63, 3.8) is 0 Å². The van der Waals surface area contributed by atoms with E-state index in [1.807, 2.05) is 0 Å². The highest BCUT2D eigenvalue weighted by Gasteiger charge is 2.24. The number of aromatic amines is 1. The first-order valence-electron chi connectivity index (χ1n) is 8.05. The topological polar surface area (TPSA) is 186 Å². The molecule has 11 nitrogen and oxygen atoms in total. The number of rotatable bonds is 5. The number of guanidine groups is 1. The number of halogens is 1. The average Bonchev–Trinajstić information content (AvgIpc) is 2.68. The zero-order chi connectivity index (χ0) is 21.1. The summed E-state index contributed by atoms with van der Waals surface area (Å²) in [4.78, 5) is 29.8. The minimum absolute atomic E-state index is 0.0983. The van der Waals surface area contributed by atoms with Crippen molar-refractivity contribution in [3.8, 4) is 0 Å². The zero-order valence-electron chi connectivity index (χ0n) is 14.6. The number of fused-ring (bicyclic) bond motifs is 1. The second-order valence-corrected chi connectivity index (χ2v) is 6.28. The zero-order valence-corrected chi connectivity index (χ0v) is 15.4. The van der Waals surface area contributed by atoms with Crippen LogP contribution in [0.25, 0.3) is 11.0 Å². The molecule has 2 aromatic carbocycles. The van der Waals surface area contributed by atoms with Gasteiger partial charge in [-0.25, -0.2) is 4.98 Å². The van der Waals surface area contributed by atoms with Gasteiger partial charge in [0.2, 0.25) is 5.96 Å². The van der Waals surface area contributed by atoms with E-state index in [0.717, 1.165) is 6.07 Å². The number of benzene rings is 2. The minimum atomic E-state index is -1.57. The van der Waals surface area contributed by atoms with Gasteiger partial charge in [-0.05, 0) is 23.8 Å². The van der Waals surface area contributed by atoms with Gasteiger partial charge in [-0.2, -0.15) is 0 Å². The third kappa shape index (κ3) is 4.36. The number of aliphatic hydroxyl groups excluding tert-OH is 1. The summed E-state index contributed by atoms with van der Waals surface area (Å²) in [7, 11) is 0. The van der Waals surface area contributed by atoms with Crippen LogP contribution >= 0.6 is 11.6 Å². The van der Waals surface area contributed by atoms with Gasteiger partial charge < -0.3 is 21.6 Å². The number of non-ortho nitro benzene ring substituents is 1. The first kappa shape index (κ1) is 19.9. The molecule has 1 heterocycles. The Balaban J connectivity index is 2.18. The van der Waals surface area contributed by atoms with Crippen molar-refractivity contribution in [2.75, 3.05) is 0 Å². The highest BCUT2D eigenvalue weighted by molar-refractivity contribution is 6.31. The molecule has 29 heavy (non-hydrogen) atoms. The molecule has 0 spiro atoms. The lowest BCUT2D eigenvalue weighted by molar-refractivity contribution is -0.385. The van der Waals surface area contributed by atoms with Crippen molar-refractivity contribution in [2.24, 2.45) is 21.7 Å². The maximum absolute atomic E-state index is 12.6. The maximum atomic E-state index is 12.6. The Morgan fingerprint density at radius 2 is 2.00 bits per heavy atom. The Labute approximate surface area is 167 Å². The second kappa shape index (κ2) is 8.04.